The molecule has 170 valence electrons. The maximum Gasteiger partial charge on any atom is 0.340 e. The van der Waals surface area contributed by atoms with E-state index in [0.29, 0.717) is 31.5 Å². The Balaban J connectivity index is 1.75. The van der Waals surface area contributed by atoms with Gasteiger partial charge >= 0.3 is 5.97 Å². The van der Waals surface area contributed by atoms with Crippen LogP contribution in [0, 0.1) is 17.6 Å². The molecule has 2 aliphatic heterocycles. The van der Waals surface area contributed by atoms with Gasteiger partial charge in [0.05, 0.1) is 29.3 Å². The van der Waals surface area contributed by atoms with Crippen molar-refractivity contribution < 1.29 is 26.7 Å². The van der Waals surface area contributed by atoms with Gasteiger partial charge in [-0.25, -0.2) is 22.0 Å². The molecule has 0 amide bonds. The van der Waals surface area contributed by atoms with Crippen LogP contribution < -0.4 is 9.62 Å². The third-order valence-electron chi connectivity index (χ3n) is 7.02. The number of benzene rings is 2. The van der Waals surface area contributed by atoms with Crippen LogP contribution in [0.3, 0.4) is 0 Å². The summed E-state index contributed by atoms with van der Waals surface area (Å²) >= 11 is 0. The predicted octanol–water partition coefficient (Wildman–Crippen LogP) is 3.36. The molecule has 32 heavy (non-hydrogen) atoms. The quantitative estimate of drug-likeness (QED) is 0.706. The monoisotopic (exact) mass is 462 g/mol. The number of sulfonamides is 1. The van der Waals surface area contributed by atoms with Crippen LogP contribution >= 0.6 is 0 Å². The maximum atomic E-state index is 15.0. The number of esters is 1. The summed E-state index contributed by atoms with van der Waals surface area (Å²) in [5.74, 6) is -2.01. The molecule has 2 aromatic rings. The lowest BCUT2D eigenvalue weighted by molar-refractivity contribution is 0.0595. The number of nitrogens with zero attached hydrogens (tertiary/aromatic N) is 1. The van der Waals surface area contributed by atoms with Gasteiger partial charge in [-0.3, -0.25) is 4.31 Å². The third kappa shape index (κ3) is 3.13. The predicted molar refractivity (Wildman–Crippen MR) is 114 cm³/mol. The van der Waals surface area contributed by atoms with Crippen molar-refractivity contribution in [2.75, 3.05) is 24.5 Å². The Labute approximate surface area is 185 Å². The molecule has 5 rings (SSSR count). The zero-order valence-electron chi connectivity index (χ0n) is 17.6. The molecule has 0 aromatic heterocycles. The molecule has 2 heterocycles. The van der Waals surface area contributed by atoms with E-state index < -0.39 is 33.0 Å². The van der Waals surface area contributed by atoms with Crippen LogP contribution in [-0.2, 0) is 20.2 Å². The number of fused-ring (bicyclic) bond motifs is 2. The van der Waals surface area contributed by atoms with Crippen LogP contribution in [0.15, 0.2) is 41.3 Å². The van der Waals surface area contributed by atoms with Gasteiger partial charge in [0.2, 0.25) is 0 Å². The molecular weight excluding hydrogens is 438 g/mol. The minimum Gasteiger partial charge on any atom is -0.465 e. The van der Waals surface area contributed by atoms with Crippen LogP contribution in [0.2, 0.25) is 0 Å². The van der Waals surface area contributed by atoms with E-state index in [1.165, 1.54) is 29.6 Å². The Morgan fingerprint density at radius 3 is 2.38 bits per heavy atom. The lowest BCUT2D eigenvalue weighted by Gasteiger charge is -2.42. The molecule has 1 aliphatic carbocycles. The molecule has 0 bridgehead atoms. The minimum atomic E-state index is -4.09. The molecule has 1 saturated carbocycles. The summed E-state index contributed by atoms with van der Waals surface area (Å²) in [4.78, 5) is 12.2. The van der Waals surface area contributed by atoms with Gasteiger partial charge in [0.15, 0.2) is 0 Å². The van der Waals surface area contributed by atoms with Crippen molar-refractivity contribution in [1.82, 2.24) is 5.32 Å². The zero-order valence-corrected chi connectivity index (χ0v) is 18.4. The van der Waals surface area contributed by atoms with Gasteiger partial charge in [0, 0.05) is 5.41 Å². The summed E-state index contributed by atoms with van der Waals surface area (Å²) in [6, 6.07) is 6.93. The fourth-order valence-corrected chi connectivity index (χ4v) is 7.23. The topological polar surface area (TPSA) is 75.7 Å². The van der Waals surface area contributed by atoms with Crippen molar-refractivity contribution >= 4 is 21.7 Å². The summed E-state index contributed by atoms with van der Waals surface area (Å²) in [6.07, 6.45) is 3.11. The molecule has 1 N–H and O–H groups in total. The number of carbonyl (C=O) groups excluding carboxylic acids is 1. The van der Waals surface area contributed by atoms with Gasteiger partial charge in [0.25, 0.3) is 10.0 Å². The average Bonchev–Trinajstić information content (AvgIpc) is 3.58. The molecule has 0 radical (unpaired) electrons. The Morgan fingerprint density at radius 1 is 1.12 bits per heavy atom. The largest absolute Gasteiger partial charge is 0.465 e. The number of halogens is 2. The number of carbonyl (C=O) groups is 1. The number of nitrogens with one attached hydrogen (secondary N) is 1. The number of ether oxygens (including phenoxy) is 1. The van der Waals surface area contributed by atoms with Gasteiger partial charge in [-0.05, 0) is 86.7 Å². The highest BCUT2D eigenvalue weighted by Gasteiger charge is 2.59. The van der Waals surface area contributed by atoms with E-state index in [2.05, 4.69) is 5.32 Å². The van der Waals surface area contributed by atoms with E-state index >= 15 is 4.39 Å². The number of hydrogen-bond donors (Lipinski definition) is 1. The van der Waals surface area contributed by atoms with E-state index in [9.17, 15) is 17.6 Å². The van der Waals surface area contributed by atoms with Crippen molar-refractivity contribution in [3.63, 3.8) is 0 Å². The smallest absolute Gasteiger partial charge is 0.340 e. The molecule has 2 fully saturated rings. The number of piperidine rings is 1. The van der Waals surface area contributed by atoms with Crippen LogP contribution in [-0.4, -0.2) is 40.6 Å². The van der Waals surface area contributed by atoms with Crippen molar-refractivity contribution in [3.05, 3.63) is 59.2 Å². The summed E-state index contributed by atoms with van der Waals surface area (Å²) in [7, 11) is -2.90. The first-order chi connectivity index (χ1) is 15.3. The zero-order chi connectivity index (χ0) is 22.7. The van der Waals surface area contributed by atoms with E-state index in [1.54, 1.807) is 0 Å². The lowest BCUT2D eigenvalue weighted by atomic mass is 9.68. The molecule has 9 heteroatoms. The van der Waals surface area contributed by atoms with Crippen LogP contribution in [0.1, 0.15) is 41.6 Å². The second kappa shape index (κ2) is 7.52. The fraction of sp³-hybridized carbons (Fsp3) is 0.435. The van der Waals surface area contributed by atoms with Gasteiger partial charge < -0.3 is 10.1 Å². The molecule has 1 atom stereocenters. The number of methoxy groups -OCH3 is 1. The standard InChI is InChI=1S/C23H24F2N2O4S/c1-31-22(28)17-12-18-20(13-19(17)25)27(32(29,30)16-6-4-15(24)5-7-16)21(14-2-3-14)23(18)8-10-26-11-9-23/h4-7,12-14,21,26H,2-3,8-11H2,1H3. The molecule has 2 aromatic carbocycles. The van der Waals surface area contributed by atoms with Crippen LogP contribution in [0.25, 0.3) is 0 Å². The van der Waals surface area contributed by atoms with Crippen molar-refractivity contribution in [2.24, 2.45) is 5.92 Å². The molecule has 1 saturated heterocycles. The Kier molecular flexibility index (Phi) is 5.01. The second-order valence-electron chi connectivity index (χ2n) is 8.78. The highest BCUT2D eigenvalue weighted by Crippen LogP contribution is 2.58. The minimum absolute atomic E-state index is 0.0427. The average molecular weight is 463 g/mol. The first-order valence-corrected chi connectivity index (χ1v) is 12.2. The number of rotatable bonds is 4. The highest BCUT2D eigenvalue weighted by atomic mass is 32.2. The highest BCUT2D eigenvalue weighted by molar-refractivity contribution is 7.92. The lowest BCUT2D eigenvalue weighted by Crippen LogP contribution is -2.53. The summed E-state index contributed by atoms with van der Waals surface area (Å²) in [6.45, 7) is 1.38. The van der Waals surface area contributed by atoms with E-state index in [-0.39, 0.29) is 28.1 Å². The van der Waals surface area contributed by atoms with Crippen LogP contribution in [0.5, 0.6) is 0 Å². The van der Waals surface area contributed by atoms with Crippen LogP contribution in [0.4, 0.5) is 14.5 Å². The van der Waals surface area contributed by atoms with Crippen molar-refractivity contribution in [1.29, 1.82) is 0 Å². The maximum absolute atomic E-state index is 15.0. The Bertz CT molecular complexity index is 1170. The normalized spacial score (nSPS) is 22.1. The molecule has 1 unspecified atom stereocenters. The van der Waals surface area contributed by atoms with E-state index in [1.807, 2.05) is 0 Å². The van der Waals surface area contributed by atoms with Crippen molar-refractivity contribution in [3.8, 4) is 0 Å². The molecule has 1 spiro atoms. The second-order valence-corrected chi connectivity index (χ2v) is 10.6. The van der Waals surface area contributed by atoms with E-state index in [0.717, 1.165) is 31.0 Å². The summed E-state index contributed by atoms with van der Waals surface area (Å²) < 4.78 is 62.3. The summed E-state index contributed by atoms with van der Waals surface area (Å²) in [5, 5.41) is 3.32. The first kappa shape index (κ1) is 21.3. The third-order valence-corrected chi connectivity index (χ3v) is 8.83. The van der Waals surface area contributed by atoms with Gasteiger partial charge in [-0.15, -0.1) is 0 Å². The Hall–Kier alpha value is -2.52. The molecule has 3 aliphatic rings. The van der Waals surface area contributed by atoms with Gasteiger partial charge in [-0.1, -0.05) is 0 Å². The van der Waals surface area contributed by atoms with Gasteiger partial charge in [0.1, 0.15) is 11.6 Å². The molecule has 6 nitrogen and oxygen atoms in total. The van der Waals surface area contributed by atoms with Gasteiger partial charge in [-0.2, -0.15) is 0 Å². The SMILES string of the molecule is COC(=O)c1cc2c(cc1F)N(S(=O)(=O)c1ccc(F)cc1)C(C1CC1)C21CCNCC1. The number of anilines is 1. The Morgan fingerprint density at radius 2 is 1.78 bits per heavy atom. The molecular formula is C23H24F2N2O4S. The fourth-order valence-electron chi connectivity index (χ4n) is 5.44. The van der Waals surface area contributed by atoms with Crippen molar-refractivity contribution in [2.45, 2.75) is 42.0 Å². The van der Waals surface area contributed by atoms with E-state index in [4.69, 9.17) is 4.74 Å². The first-order valence-electron chi connectivity index (χ1n) is 10.7. The number of hydrogen-bond acceptors (Lipinski definition) is 5. The summed E-state index contributed by atoms with van der Waals surface area (Å²) in [5.41, 5.74) is 0.201.